The van der Waals surface area contributed by atoms with Crippen LogP contribution in [0.25, 0.3) is 11.3 Å². The zero-order chi connectivity index (χ0) is 13.3. The number of nitrogens with zero attached hydrogens (tertiary/aromatic N) is 2. The first-order valence-electron chi connectivity index (χ1n) is 5.97. The first kappa shape index (κ1) is 13.1. The first-order valence-corrected chi connectivity index (χ1v) is 8.83. The van der Waals surface area contributed by atoms with Crippen molar-refractivity contribution >= 4 is 10.0 Å². The summed E-state index contributed by atoms with van der Waals surface area (Å²) >= 11 is 0. The summed E-state index contributed by atoms with van der Waals surface area (Å²) in [6.45, 7) is 4.04. The number of aromatic nitrogens is 2. The lowest BCUT2D eigenvalue weighted by molar-refractivity contribution is 1.11. The van der Waals surface area contributed by atoms with E-state index in [0.717, 1.165) is 22.6 Å². The monoisotopic (exact) mass is 260 g/mol. The van der Waals surface area contributed by atoms with Crippen LogP contribution in [0, 0.1) is 13.8 Å². The Morgan fingerprint density at radius 1 is 0.944 bits per heavy atom. The molecule has 2 aromatic heterocycles. The molecule has 0 fully saturated rings. The van der Waals surface area contributed by atoms with Gasteiger partial charge in [-0.3, -0.25) is 9.97 Å². The Morgan fingerprint density at radius 3 is 2.17 bits per heavy atom. The molecule has 0 atom stereocenters. The van der Waals surface area contributed by atoms with Crippen LogP contribution in [-0.2, 0) is 0 Å². The summed E-state index contributed by atoms with van der Waals surface area (Å²) in [4.78, 5) is 10.4. The van der Waals surface area contributed by atoms with Gasteiger partial charge in [0.25, 0.3) is 0 Å². The van der Waals surface area contributed by atoms with Crippen molar-refractivity contribution in [2.24, 2.45) is 0 Å². The van der Waals surface area contributed by atoms with Gasteiger partial charge in [-0.2, -0.15) is 0 Å². The Morgan fingerprint density at radius 2 is 1.67 bits per heavy atom. The fourth-order valence-corrected chi connectivity index (χ4v) is 2.70. The van der Waals surface area contributed by atoms with Crippen LogP contribution in [-0.4, -0.2) is 28.7 Å². The molecule has 0 amide bonds. The van der Waals surface area contributed by atoms with Gasteiger partial charge >= 0.3 is 0 Å². The molecule has 2 nitrogen and oxygen atoms in total. The SMILES string of the molecule is Cc1ccc(-c2ccc(S(C)(C)C)cn2)c(C)n1. The highest BCUT2D eigenvalue weighted by Crippen LogP contribution is 2.44. The van der Waals surface area contributed by atoms with Crippen molar-refractivity contribution in [1.82, 2.24) is 9.97 Å². The molecular weight excluding hydrogens is 240 g/mol. The van der Waals surface area contributed by atoms with Gasteiger partial charge < -0.3 is 0 Å². The molecule has 18 heavy (non-hydrogen) atoms. The fraction of sp³-hybridized carbons (Fsp3) is 0.333. The molecule has 0 aromatic carbocycles. The van der Waals surface area contributed by atoms with E-state index in [-0.39, 0.29) is 0 Å². The lowest BCUT2D eigenvalue weighted by atomic mass is 10.1. The van der Waals surface area contributed by atoms with E-state index in [1.165, 1.54) is 4.90 Å². The van der Waals surface area contributed by atoms with Gasteiger partial charge in [0.05, 0.1) is 5.69 Å². The van der Waals surface area contributed by atoms with Crippen LogP contribution >= 0.6 is 10.0 Å². The lowest BCUT2D eigenvalue weighted by Crippen LogP contribution is -1.96. The van der Waals surface area contributed by atoms with Crippen LogP contribution in [0.2, 0.25) is 0 Å². The van der Waals surface area contributed by atoms with E-state index >= 15 is 0 Å². The largest absolute Gasteiger partial charge is 0.258 e. The van der Waals surface area contributed by atoms with Gasteiger partial charge in [-0.1, -0.05) is 0 Å². The quantitative estimate of drug-likeness (QED) is 0.820. The third-order valence-corrected chi connectivity index (χ3v) is 4.60. The summed E-state index contributed by atoms with van der Waals surface area (Å²) < 4.78 is 0. The Balaban J connectivity index is 2.41. The van der Waals surface area contributed by atoms with E-state index in [9.17, 15) is 0 Å². The zero-order valence-corrected chi connectivity index (χ0v) is 12.5. The number of rotatable bonds is 2. The Bertz CT molecular complexity index is 554. The number of pyridine rings is 2. The van der Waals surface area contributed by atoms with Gasteiger partial charge in [0.15, 0.2) is 0 Å². The predicted octanol–water partition coefficient (Wildman–Crippen LogP) is 3.81. The summed E-state index contributed by atoms with van der Waals surface area (Å²) in [5.74, 6) is 0. The van der Waals surface area contributed by atoms with Gasteiger partial charge in [0, 0.05) is 28.0 Å². The second-order valence-corrected chi connectivity index (χ2v) is 9.45. The van der Waals surface area contributed by atoms with E-state index in [1.807, 2.05) is 26.1 Å². The second kappa shape index (κ2) is 4.73. The van der Waals surface area contributed by atoms with Crippen LogP contribution in [0.1, 0.15) is 11.4 Å². The van der Waals surface area contributed by atoms with E-state index in [2.05, 4.69) is 46.9 Å². The average molecular weight is 260 g/mol. The van der Waals surface area contributed by atoms with E-state index in [1.54, 1.807) is 0 Å². The summed E-state index contributed by atoms with van der Waals surface area (Å²) in [5, 5.41) is 0. The summed E-state index contributed by atoms with van der Waals surface area (Å²) in [6.07, 6.45) is 8.84. The predicted molar refractivity (Wildman–Crippen MR) is 80.6 cm³/mol. The van der Waals surface area contributed by atoms with Crippen LogP contribution in [0.5, 0.6) is 0 Å². The van der Waals surface area contributed by atoms with Crippen LogP contribution < -0.4 is 0 Å². The van der Waals surface area contributed by atoms with Crippen LogP contribution in [0.3, 0.4) is 0 Å². The van der Waals surface area contributed by atoms with E-state index in [0.29, 0.717) is 0 Å². The Kier molecular flexibility index (Phi) is 3.44. The summed E-state index contributed by atoms with van der Waals surface area (Å²) in [6, 6.07) is 8.43. The summed E-state index contributed by atoms with van der Waals surface area (Å²) in [7, 11) is -0.697. The van der Waals surface area contributed by atoms with E-state index < -0.39 is 10.0 Å². The molecule has 2 rings (SSSR count). The molecule has 96 valence electrons. The molecule has 0 saturated heterocycles. The normalized spacial score (nSPS) is 12.5. The zero-order valence-electron chi connectivity index (χ0n) is 11.7. The molecule has 3 heteroatoms. The molecular formula is C15H20N2S. The maximum absolute atomic E-state index is 4.59. The molecule has 0 N–H and O–H groups in total. The van der Waals surface area contributed by atoms with Gasteiger partial charge in [0.2, 0.25) is 0 Å². The minimum Gasteiger partial charge on any atom is -0.258 e. The lowest BCUT2D eigenvalue weighted by Gasteiger charge is -2.25. The Hall–Kier alpha value is -1.35. The second-order valence-electron chi connectivity index (χ2n) is 5.30. The third kappa shape index (κ3) is 2.72. The van der Waals surface area contributed by atoms with Crippen molar-refractivity contribution in [3.63, 3.8) is 0 Å². The minimum atomic E-state index is -0.697. The van der Waals surface area contributed by atoms with Crippen molar-refractivity contribution in [2.75, 3.05) is 18.8 Å². The first-order chi connectivity index (χ1) is 8.38. The van der Waals surface area contributed by atoms with Crippen molar-refractivity contribution < 1.29 is 0 Å². The maximum atomic E-state index is 4.59. The smallest absolute Gasteiger partial charge is 0.0721 e. The number of hydrogen-bond acceptors (Lipinski definition) is 2. The molecule has 0 saturated carbocycles. The van der Waals surface area contributed by atoms with E-state index in [4.69, 9.17) is 0 Å². The highest BCUT2D eigenvalue weighted by atomic mass is 32.3. The Labute approximate surface area is 111 Å². The fourth-order valence-electron chi connectivity index (χ4n) is 1.86. The van der Waals surface area contributed by atoms with Gasteiger partial charge in [0.1, 0.15) is 0 Å². The number of hydrogen-bond donors (Lipinski definition) is 0. The molecule has 0 unspecified atom stereocenters. The standard InChI is InChI=1S/C15H20N2S/c1-11-6-8-14(12(2)17-11)15-9-7-13(10-16-15)18(3,4)5/h6-10H,1-5H3. The number of aryl methyl sites for hydroxylation is 2. The van der Waals surface area contributed by atoms with Crippen molar-refractivity contribution in [3.05, 3.63) is 41.9 Å². The molecule has 0 spiro atoms. The average Bonchev–Trinajstić information content (AvgIpc) is 2.28. The molecule has 0 bridgehead atoms. The third-order valence-electron chi connectivity index (χ3n) is 2.94. The highest BCUT2D eigenvalue weighted by Gasteiger charge is 2.10. The van der Waals surface area contributed by atoms with Gasteiger partial charge in [-0.05, 0) is 56.9 Å². The van der Waals surface area contributed by atoms with Gasteiger partial charge in [-0.25, -0.2) is 10.0 Å². The van der Waals surface area contributed by atoms with Gasteiger partial charge in [-0.15, -0.1) is 0 Å². The van der Waals surface area contributed by atoms with Crippen molar-refractivity contribution in [1.29, 1.82) is 0 Å². The van der Waals surface area contributed by atoms with Crippen LogP contribution in [0.4, 0.5) is 0 Å². The molecule has 2 heterocycles. The minimum absolute atomic E-state index is 0.697. The molecule has 0 aliphatic rings. The van der Waals surface area contributed by atoms with Crippen LogP contribution in [0.15, 0.2) is 35.4 Å². The summed E-state index contributed by atoms with van der Waals surface area (Å²) in [5.41, 5.74) is 4.22. The molecule has 0 aliphatic carbocycles. The van der Waals surface area contributed by atoms with Crippen molar-refractivity contribution in [2.45, 2.75) is 18.7 Å². The molecule has 2 aromatic rings. The molecule has 0 radical (unpaired) electrons. The molecule has 0 aliphatic heterocycles. The highest BCUT2D eigenvalue weighted by molar-refractivity contribution is 8.32. The topological polar surface area (TPSA) is 25.8 Å². The maximum Gasteiger partial charge on any atom is 0.0721 e. The van der Waals surface area contributed by atoms with Crippen molar-refractivity contribution in [3.8, 4) is 11.3 Å².